The molecule has 0 unspecified atom stereocenters. The largest absolute Gasteiger partial charge is 0.411 e. The minimum absolute atomic E-state index is 0.00754. The summed E-state index contributed by atoms with van der Waals surface area (Å²) in [4.78, 5) is 11.0. The number of nitro groups is 1. The summed E-state index contributed by atoms with van der Waals surface area (Å²) in [7, 11) is 0. The second-order valence-corrected chi connectivity index (χ2v) is 6.03. The number of aromatic nitrogens is 2. The zero-order valence-corrected chi connectivity index (χ0v) is 13.4. The SMILES string of the molecule is O=[N+]([O-])c1ccccc1Sc1nnc(-c2ccccc2Br)o1. The summed E-state index contributed by atoms with van der Waals surface area (Å²) < 4.78 is 6.41. The molecule has 110 valence electrons. The Hall–Kier alpha value is -2.19. The van der Waals surface area contributed by atoms with Gasteiger partial charge >= 0.3 is 0 Å². The van der Waals surface area contributed by atoms with Crippen LogP contribution in [0.3, 0.4) is 0 Å². The first-order valence-electron chi connectivity index (χ1n) is 6.15. The molecule has 3 rings (SSSR count). The fourth-order valence-corrected chi connectivity index (χ4v) is 3.02. The van der Waals surface area contributed by atoms with E-state index in [9.17, 15) is 10.1 Å². The highest BCUT2D eigenvalue weighted by Gasteiger charge is 2.18. The number of hydrogen-bond donors (Lipinski definition) is 0. The first kappa shape index (κ1) is 14.7. The monoisotopic (exact) mass is 377 g/mol. The van der Waals surface area contributed by atoms with Crippen LogP contribution in [0.25, 0.3) is 11.5 Å². The van der Waals surface area contributed by atoms with Crippen LogP contribution < -0.4 is 0 Å². The fraction of sp³-hybridized carbons (Fsp3) is 0. The average molecular weight is 378 g/mol. The summed E-state index contributed by atoms with van der Waals surface area (Å²) >= 11 is 4.48. The van der Waals surface area contributed by atoms with Crippen LogP contribution in [-0.2, 0) is 0 Å². The summed E-state index contributed by atoms with van der Waals surface area (Å²) in [6.45, 7) is 0. The van der Waals surface area contributed by atoms with Gasteiger partial charge < -0.3 is 4.42 Å². The van der Waals surface area contributed by atoms with Gasteiger partial charge in [-0.05, 0) is 45.9 Å². The highest BCUT2D eigenvalue weighted by Crippen LogP contribution is 2.35. The molecule has 0 saturated carbocycles. The molecule has 0 aliphatic heterocycles. The zero-order valence-electron chi connectivity index (χ0n) is 11.0. The standard InChI is InChI=1S/C14H8BrN3O3S/c15-10-6-2-1-5-9(10)13-16-17-14(21-13)22-12-8-4-3-7-11(12)18(19)20/h1-8H. The lowest BCUT2D eigenvalue weighted by Gasteiger charge is -1.99. The van der Waals surface area contributed by atoms with Crippen LogP contribution in [-0.4, -0.2) is 15.1 Å². The van der Waals surface area contributed by atoms with E-state index < -0.39 is 4.92 Å². The number of benzene rings is 2. The quantitative estimate of drug-likeness (QED) is 0.489. The normalized spacial score (nSPS) is 10.6. The van der Waals surface area contributed by atoms with E-state index in [4.69, 9.17) is 4.42 Å². The second-order valence-electron chi connectivity index (χ2n) is 4.18. The zero-order chi connectivity index (χ0) is 15.5. The summed E-state index contributed by atoms with van der Waals surface area (Å²) in [5.41, 5.74) is 0.776. The van der Waals surface area contributed by atoms with Crippen molar-refractivity contribution in [1.82, 2.24) is 10.2 Å². The fourth-order valence-electron chi connectivity index (χ4n) is 1.78. The van der Waals surface area contributed by atoms with Gasteiger partial charge in [-0.15, -0.1) is 10.2 Å². The van der Waals surface area contributed by atoms with E-state index in [-0.39, 0.29) is 10.9 Å². The Morgan fingerprint density at radius 3 is 2.59 bits per heavy atom. The highest BCUT2D eigenvalue weighted by molar-refractivity contribution is 9.10. The van der Waals surface area contributed by atoms with Crippen molar-refractivity contribution in [1.29, 1.82) is 0 Å². The van der Waals surface area contributed by atoms with Gasteiger partial charge in [0.25, 0.3) is 10.9 Å². The average Bonchev–Trinajstić information content (AvgIpc) is 2.96. The van der Waals surface area contributed by atoms with Gasteiger partial charge in [0.1, 0.15) is 0 Å². The molecule has 0 spiro atoms. The minimum atomic E-state index is -0.437. The van der Waals surface area contributed by atoms with E-state index in [1.54, 1.807) is 18.2 Å². The molecule has 8 heteroatoms. The van der Waals surface area contributed by atoms with Crippen molar-refractivity contribution in [2.75, 3.05) is 0 Å². The van der Waals surface area contributed by atoms with Crippen LogP contribution in [0.2, 0.25) is 0 Å². The van der Waals surface area contributed by atoms with Crippen LogP contribution in [0.15, 0.2) is 67.5 Å². The Morgan fingerprint density at radius 1 is 1.09 bits per heavy atom. The molecule has 3 aromatic rings. The molecule has 0 fully saturated rings. The molecular formula is C14H8BrN3O3S. The van der Waals surface area contributed by atoms with Crippen molar-refractivity contribution in [3.8, 4) is 11.5 Å². The molecule has 2 aromatic carbocycles. The third-order valence-corrected chi connectivity index (χ3v) is 4.37. The lowest BCUT2D eigenvalue weighted by molar-refractivity contribution is -0.387. The van der Waals surface area contributed by atoms with E-state index in [0.717, 1.165) is 21.8 Å². The van der Waals surface area contributed by atoms with Crippen LogP contribution in [0.4, 0.5) is 5.69 Å². The van der Waals surface area contributed by atoms with Gasteiger partial charge in [0.15, 0.2) is 0 Å². The second kappa shape index (κ2) is 6.29. The maximum Gasteiger partial charge on any atom is 0.283 e. The number of hydrogen-bond acceptors (Lipinski definition) is 6. The first-order valence-corrected chi connectivity index (χ1v) is 7.76. The highest BCUT2D eigenvalue weighted by atomic mass is 79.9. The first-order chi connectivity index (χ1) is 10.6. The molecule has 0 radical (unpaired) electrons. The predicted molar refractivity (Wildman–Crippen MR) is 84.7 cm³/mol. The topological polar surface area (TPSA) is 82.1 Å². The van der Waals surface area contributed by atoms with E-state index in [1.165, 1.54) is 6.07 Å². The van der Waals surface area contributed by atoms with E-state index in [2.05, 4.69) is 26.1 Å². The van der Waals surface area contributed by atoms with Crippen molar-refractivity contribution in [3.63, 3.8) is 0 Å². The molecule has 1 aromatic heterocycles. The molecule has 0 amide bonds. The van der Waals surface area contributed by atoms with Gasteiger partial charge in [0.05, 0.1) is 15.4 Å². The smallest absolute Gasteiger partial charge is 0.283 e. The van der Waals surface area contributed by atoms with Crippen molar-refractivity contribution < 1.29 is 9.34 Å². The molecule has 0 N–H and O–H groups in total. The maximum absolute atomic E-state index is 11.0. The Labute approximate surface area is 137 Å². The van der Waals surface area contributed by atoms with Crippen LogP contribution in [0, 0.1) is 10.1 Å². The van der Waals surface area contributed by atoms with Crippen molar-refractivity contribution in [2.45, 2.75) is 10.1 Å². The Morgan fingerprint density at radius 2 is 1.82 bits per heavy atom. The summed E-state index contributed by atoms with van der Waals surface area (Å²) in [5, 5.41) is 19.2. The van der Waals surface area contributed by atoms with Gasteiger partial charge in [-0.3, -0.25) is 10.1 Å². The van der Waals surface area contributed by atoms with Crippen molar-refractivity contribution in [2.24, 2.45) is 0 Å². The number of nitro benzene ring substituents is 1. The van der Waals surface area contributed by atoms with Crippen molar-refractivity contribution in [3.05, 3.63) is 63.1 Å². The Balaban J connectivity index is 1.90. The molecule has 0 bridgehead atoms. The number of halogens is 1. The molecule has 0 aliphatic rings. The van der Waals surface area contributed by atoms with Gasteiger partial charge in [-0.2, -0.15) is 0 Å². The molecule has 0 aliphatic carbocycles. The summed E-state index contributed by atoms with van der Waals surface area (Å²) in [5.74, 6) is 0.355. The van der Waals surface area contributed by atoms with Crippen LogP contribution in [0.5, 0.6) is 0 Å². The third-order valence-electron chi connectivity index (χ3n) is 2.77. The molecule has 0 saturated heterocycles. The molecule has 1 heterocycles. The number of para-hydroxylation sites is 1. The van der Waals surface area contributed by atoms with Crippen molar-refractivity contribution >= 4 is 33.4 Å². The van der Waals surface area contributed by atoms with E-state index >= 15 is 0 Å². The molecule has 6 nitrogen and oxygen atoms in total. The van der Waals surface area contributed by atoms with E-state index in [1.807, 2.05) is 24.3 Å². The predicted octanol–water partition coefficient (Wildman–Crippen LogP) is 4.56. The minimum Gasteiger partial charge on any atom is -0.411 e. The Kier molecular flexibility index (Phi) is 4.21. The van der Waals surface area contributed by atoms with Crippen LogP contribution >= 0.6 is 27.7 Å². The Bertz CT molecular complexity index is 837. The summed E-state index contributed by atoms with van der Waals surface area (Å²) in [6.07, 6.45) is 0. The summed E-state index contributed by atoms with van der Waals surface area (Å²) in [6, 6.07) is 13.9. The van der Waals surface area contributed by atoms with E-state index in [0.29, 0.717) is 10.8 Å². The van der Waals surface area contributed by atoms with Gasteiger partial charge in [-0.25, -0.2) is 0 Å². The maximum atomic E-state index is 11.0. The third kappa shape index (κ3) is 3.02. The molecule has 22 heavy (non-hydrogen) atoms. The number of rotatable bonds is 4. The van der Waals surface area contributed by atoms with Gasteiger partial charge in [0, 0.05) is 10.5 Å². The van der Waals surface area contributed by atoms with Crippen LogP contribution in [0.1, 0.15) is 0 Å². The lowest BCUT2D eigenvalue weighted by atomic mass is 10.2. The van der Waals surface area contributed by atoms with Gasteiger partial charge in [-0.1, -0.05) is 24.3 Å². The molecule has 0 atom stereocenters. The lowest BCUT2D eigenvalue weighted by Crippen LogP contribution is -1.89. The molecular weight excluding hydrogens is 370 g/mol. The van der Waals surface area contributed by atoms with Gasteiger partial charge in [0.2, 0.25) is 5.89 Å². The number of nitrogens with zero attached hydrogens (tertiary/aromatic N) is 3.